The highest BCUT2D eigenvalue weighted by molar-refractivity contribution is 14.1. The Morgan fingerprint density at radius 1 is 1.21 bits per heavy atom. The third kappa shape index (κ3) is 4.55. The largest absolute Gasteiger partial charge is 0.444 e. The predicted molar refractivity (Wildman–Crippen MR) is 84.1 cm³/mol. The molecule has 3 nitrogen and oxygen atoms in total. The van der Waals surface area contributed by atoms with E-state index in [1.165, 1.54) is 0 Å². The van der Waals surface area contributed by atoms with Gasteiger partial charge in [-0.3, -0.25) is 5.32 Å². The quantitative estimate of drug-likeness (QED) is 0.820. The van der Waals surface area contributed by atoms with E-state index in [2.05, 4.69) is 27.9 Å². The molecule has 1 amide bonds. The van der Waals surface area contributed by atoms with Crippen molar-refractivity contribution in [3.05, 3.63) is 63.2 Å². The van der Waals surface area contributed by atoms with Crippen LogP contribution in [0.25, 0.3) is 0 Å². The number of carbonyl (C=O) groups is 1. The van der Waals surface area contributed by atoms with Crippen LogP contribution in [0.15, 0.2) is 48.5 Å². The van der Waals surface area contributed by atoms with E-state index in [1.807, 2.05) is 55.5 Å². The molecule has 0 unspecified atom stereocenters. The van der Waals surface area contributed by atoms with Gasteiger partial charge < -0.3 is 4.74 Å². The van der Waals surface area contributed by atoms with Crippen molar-refractivity contribution in [2.24, 2.45) is 0 Å². The first-order valence-corrected chi connectivity index (χ1v) is 6.96. The van der Waals surface area contributed by atoms with Gasteiger partial charge in [0.2, 0.25) is 0 Å². The van der Waals surface area contributed by atoms with Crippen molar-refractivity contribution in [2.45, 2.75) is 13.5 Å². The Kier molecular flexibility index (Phi) is 4.79. The minimum Gasteiger partial charge on any atom is -0.444 e. The molecule has 0 aliphatic rings. The summed E-state index contributed by atoms with van der Waals surface area (Å²) < 4.78 is 6.24. The van der Waals surface area contributed by atoms with Crippen molar-refractivity contribution >= 4 is 34.4 Å². The zero-order valence-electron chi connectivity index (χ0n) is 10.5. The Morgan fingerprint density at radius 2 is 1.95 bits per heavy atom. The molecular formula is C15H14INO2. The van der Waals surface area contributed by atoms with E-state index >= 15 is 0 Å². The Balaban J connectivity index is 1.91. The van der Waals surface area contributed by atoms with Gasteiger partial charge in [0.05, 0.1) is 0 Å². The zero-order chi connectivity index (χ0) is 13.7. The first kappa shape index (κ1) is 13.9. The van der Waals surface area contributed by atoms with Gasteiger partial charge in [0.1, 0.15) is 6.61 Å². The lowest BCUT2D eigenvalue weighted by Gasteiger charge is -2.08. The monoisotopic (exact) mass is 367 g/mol. The number of rotatable bonds is 3. The zero-order valence-corrected chi connectivity index (χ0v) is 12.7. The Hall–Kier alpha value is -1.56. The molecule has 98 valence electrons. The number of benzene rings is 2. The highest BCUT2D eigenvalue weighted by Crippen LogP contribution is 2.16. The first-order chi connectivity index (χ1) is 9.13. The summed E-state index contributed by atoms with van der Waals surface area (Å²) in [6, 6.07) is 15.5. The normalized spacial score (nSPS) is 10.0. The fraction of sp³-hybridized carbons (Fsp3) is 0.133. The van der Waals surface area contributed by atoms with Gasteiger partial charge in [-0.15, -0.1) is 0 Å². The molecule has 2 rings (SSSR count). The standard InChI is InChI=1S/C15H14INO2/c1-11-7-13(16)9-14(8-11)17-15(18)19-10-12-5-3-2-4-6-12/h2-9H,10H2,1H3,(H,17,18). The summed E-state index contributed by atoms with van der Waals surface area (Å²) in [7, 11) is 0. The lowest BCUT2D eigenvalue weighted by atomic mass is 10.2. The SMILES string of the molecule is Cc1cc(I)cc(NC(=O)OCc2ccccc2)c1. The molecule has 4 heteroatoms. The van der Waals surface area contributed by atoms with Crippen molar-refractivity contribution in [2.75, 3.05) is 5.32 Å². The summed E-state index contributed by atoms with van der Waals surface area (Å²) in [4.78, 5) is 11.7. The molecule has 0 radical (unpaired) electrons. The predicted octanol–water partition coefficient (Wildman–Crippen LogP) is 4.35. The van der Waals surface area contributed by atoms with Gasteiger partial charge >= 0.3 is 6.09 Å². The number of aryl methyl sites for hydroxylation is 1. The number of anilines is 1. The molecule has 1 N–H and O–H groups in total. The van der Waals surface area contributed by atoms with E-state index in [0.29, 0.717) is 0 Å². The van der Waals surface area contributed by atoms with Crippen LogP contribution in [0.1, 0.15) is 11.1 Å². The fourth-order valence-electron chi connectivity index (χ4n) is 1.69. The van der Waals surface area contributed by atoms with Gasteiger partial charge in [0.15, 0.2) is 0 Å². The summed E-state index contributed by atoms with van der Waals surface area (Å²) in [5.74, 6) is 0. The minimum atomic E-state index is -0.440. The number of hydrogen-bond acceptors (Lipinski definition) is 2. The summed E-state index contributed by atoms with van der Waals surface area (Å²) in [5.41, 5.74) is 2.82. The van der Waals surface area contributed by atoms with Crippen LogP contribution in [0.3, 0.4) is 0 Å². The van der Waals surface area contributed by atoms with Crippen molar-refractivity contribution in [1.29, 1.82) is 0 Å². The van der Waals surface area contributed by atoms with Gasteiger partial charge in [0.25, 0.3) is 0 Å². The van der Waals surface area contributed by atoms with Crippen LogP contribution >= 0.6 is 22.6 Å². The Labute approximate surface area is 126 Å². The van der Waals surface area contributed by atoms with Gasteiger partial charge in [-0.1, -0.05) is 30.3 Å². The molecule has 0 aliphatic carbocycles. The smallest absolute Gasteiger partial charge is 0.411 e. The molecule has 0 bridgehead atoms. The van der Waals surface area contributed by atoms with E-state index in [9.17, 15) is 4.79 Å². The maximum absolute atomic E-state index is 11.7. The van der Waals surface area contributed by atoms with Gasteiger partial charge in [-0.25, -0.2) is 4.79 Å². The van der Waals surface area contributed by atoms with Gasteiger partial charge in [-0.05, 0) is 58.8 Å². The van der Waals surface area contributed by atoms with Crippen LogP contribution in [-0.2, 0) is 11.3 Å². The molecule has 0 aromatic heterocycles. The lowest BCUT2D eigenvalue weighted by molar-refractivity contribution is 0.155. The van der Waals surface area contributed by atoms with Gasteiger partial charge in [-0.2, -0.15) is 0 Å². The summed E-state index contributed by atoms with van der Waals surface area (Å²) >= 11 is 2.22. The topological polar surface area (TPSA) is 38.3 Å². The third-order valence-corrected chi connectivity index (χ3v) is 3.12. The molecule has 2 aromatic rings. The van der Waals surface area contributed by atoms with Crippen molar-refractivity contribution < 1.29 is 9.53 Å². The van der Waals surface area contributed by atoms with Crippen LogP contribution in [0.5, 0.6) is 0 Å². The number of ether oxygens (including phenoxy) is 1. The Bertz CT molecular complexity index is 549. The molecule has 2 aromatic carbocycles. The molecule has 0 saturated heterocycles. The maximum Gasteiger partial charge on any atom is 0.411 e. The van der Waals surface area contributed by atoms with Gasteiger partial charge in [0, 0.05) is 9.26 Å². The molecule has 0 saturated carbocycles. The second-order valence-electron chi connectivity index (χ2n) is 4.20. The number of hydrogen-bond donors (Lipinski definition) is 1. The van der Waals surface area contributed by atoms with E-state index in [-0.39, 0.29) is 6.61 Å². The molecule has 19 heavy (non-hydrogen) atoms. The van der Waals surface area contributed by atoms with E-state index < -0.39 is 6.09 Å². The number of amides is 1. The number of nitrogens with one attached hydrogen (secondary N) is 1. The molecule has 0 atom stereocenters. The van der Waals surface area contributed by atoms with Crippen molar-refractivity contribution in [3.8, 4) is 0 Å². The second-order valence-corrected chi connectivity index (χ2v) is 5.45. The fourth-order valence-corrected chi connectivity index (χ4v) is 2.51. The molecular weight excluding hydrogens is 353 g/mol. The second kappa shape index (κ2) is 6.56. The van der Waals surface area contributed by atoms with E-state index in [1.54, 1.807) is 0 Å². The minimum absolute atomic E-state index is 0.273. The molecule has 0 fully saturated rings. The molecule has 0 heterocycles. The van der Waals surface area contributed by atoms with Crippen LogP contribution in [0, 0.1) is 10.5 Å². The maximum atomic E-state index is 11.7. The van der Waals surface area contributed by atoms with Crippen LogP contribution in [0.4, 0.5) is 10.5 Å². The van der Waals surface area contributed by atoms with Crippen molar-refractivity contribution in [1.82, 2.24) is 0 Å². The molecule has 0 spiro atoms. The van der Waals surface area contributed by atoms with Crippen LogP contribution < -0.4 is 5.32 Å². The van der Waals surface area contributed by atoms with Crippen molar-refractivity contribution in [3.63, 3.8) is 0 Å². The highest BCUT2D eigenvalue weighted by Gasteiger charge is 2.04. The number of carbonyl (C=O) groups excluding carboxylic acids is 1. The van der Waals surface area contributed by atoms with Crippen LogP contribution in [0.2, 0.25) is 0 Å². The summed E-state index contributed by atoms with van der Waals surface area (Å²) in [6.45, 7) is 2.26. The van der Waals surface area contributed by atoms with E-state index in [4.69, 9.17) is 4.74 Å². The average molecular weight is 367 g/mol. The van der Waals surface area contributed by atoms with E-state index in [0.717, 1.165) is 20.4 Å². The summed E-state index contributed by atoms with van der Waals surface area (Å²) in [5, 5.41) is 2.73. The third-order valence-electron chi connectivity index (χ3n) is 2.50. The highest BCUT2D eigenvalue weighted by atomic mass is 127. The average Bonchev–Trinajstić information content (AvgIpc) is 2.36. The summed E-state index contributed by atoms with van der Waals surface area (Å²) in [6.07, 6.45) is -0.440. The lowest BCUT2D eigenvalue weighted by Crippen LogP contribution is -2.13. The first-order valence-electron chi connectivity index (χ1n) is 5.88. The number of halogens is 1. The Morgan fingerprint density at radius 3 is 2.63 bits per heavy atom. The van der Waals surface area contributed by atoms with Crippen LogP contribution in [-0.4, -0.2) is 6.09 Å². The molecule has 0 aliphatic heterocycles.